The van der Waals surface area contributed by atoms with Crippen molar-refractivity contribution in [2.45, 2.75) is 0 Å². The van der Waals surface area contributed by atoms with E-state index in [4.69, 9.17) is 25.4 Å². The van der Waals surface area contributed by atoms with Gasteiger partial charge in [0.25, 0.3) is 0 Å². The van der Waals surface area contributed by atoms with Crippen LogP contribution in [0.25, 0.3) is 0 Å². The highest BCUT2D eigenvalue weighted by molar-refractivity contribution is 9.09. The number of amides is 1. The standard InChI is InChI=1S/C13H22BrNO5/c1-2-4-17-6-8-19-10-11-20-9-7-18-5-3-15-13(16)12-14/h1H,3-12H2,(H,15,16). The monoisotopic (exact) mass is 351 g/mol. The van der Waals surface area contributed by atoms with Crippen LogP contribution in [0.2, 0.25) is 0 Å². The van der Waals surface area contributed by atoms with Crippen LogP contribution in [0, 0.1) is 12.3 Å². The zero-order valence-corrected chi connectivity index (χ0v) is 13.2. The Morgan fingerprint density at radius 1 is 0.950 bits per heavy atom. The third-order valence-corrected chi connectivity index (χ3v) is 2.50. The van der Waals surface area contributed by atoms with Crippen molar-refractivity contribution in [2.75, 3.05) is 64.7 Å². The number of ether oxygens (including phenoxy) is 4. The van der Waals surface area contributed by atoms with Crippen molar-refractivity contribution in [1.82, 2.24) is 5.32 Å². The lowest BCUT2D eigenvalue weighted by atomic mass is 10.6. The van der Waals surface area contributed by atoms with Gasteiger partial charge in [-0.05, 0) is 0 Å². The highest BCUT2D eigenvalue weighted by Crippen LogP contribution is 1.83. The Morgan fingerprint density at radius 2 is 1.45 bits per heavy atom. The SMILES string of the molecule is C#CCOCCOCCOCCOCCNC(=O)CBr. The molecular formula is C13H22BrNO5. The number of carbonyl (C=O) groups excluding carboxylic acids is 1. The van der Waals surface area contributed by atoms with Crippen LogP contribution in [-0.4, -0.2) is 70.6 Å². The van der Waals surface area contributed by atoms with Gasteiger partial charge in [-0.3, -0.25) is 4.79 Å². The fourth-order valence-corrected chi connectivity index (χ4v) is 1.30. The number of carbonyl (C=O) groups is 1. The maximum Gasteiger partial charge on any atom is 0.230 e. The summed E-state index contributed by atoms with van der Waals surface area (Å²) in [5.41, 5.74) is 0. The molecule has 0 bridgehead atoms. The highest BCUT2D eigenvalue weighted by Gasteiger charge is 1.96. The summed E-state index contributed by atoms with van der Waals surface area (Å²) in [6, 6.07) is 0. The zero-order valence-electron chi connectivity index (χ0n) is 11.6. The van der Waals surface area contributed by atoms with Crippen molar-refractivity contribution in [2.24, 2.45) is 0 Å². The van der Waals surface area contributed by atoms with Crippen LogP contribution in [0.5, 0.6) is 0 Å². The normalized spacial score (nSPS) is 10.2. The Kier molecular flexibility index (Phi) is 15.9. The topological polar surface area (TPSA) is 66.0 Å². The van der Waals surface area contributed by atoms with E-state index in [1.165, 1.54) is 0 Å². The summed E-state index contributed by atoms with van der Waals surface area (Å²) in [5, 5.41) is 2.99. The van der Waals surface area contributed by atoms with E-state index >= 15 is 0 Å². The Bertz CT molecular complexity index is 270. The number of terminal acetylenes is 1. The lowest BCUT2D eigenvalue weighted by Crippen LogP contribution is -2.28. The average molecular weight is 352 g/mol. The molecule has 0 atom stereocenters. The van der Waals surface area contributed by atoms with Gasteiger partial charge < -0.3 is 24.3 Å². The molecule has 0 aliphatic carbocycles. The Labute approximate surface area is 128 Å². The molecule has 0 heterocycles. The van der Waals surface area contributed by atoms with Crippen LogP contribution in [-0.2, 0) is 23.7 Å². The minimum atomic E-state index is -0.0479. The van der Waals surface area contributed by atoms with Gasteiger partial charge in [0.1, 0.15) is 6.61 Å². The second-order valence-corrected chi connectivity index (χ2v) is 4.14. The van der Waals surface area contributed by atoms with E-state index in [0.29, 0.717) is 64.7 Å². The van der Waals surface area contributed by atoms with Gasteiger partial charge >= 0.3 is 0 Å². The molecule has 116 valence electrons. The van der Waals surface area contributed by atoms with Gasteiger partial charge in [0, 0.05) is 6.54 Å². The first-order valence-electron chi connectivity index (χ1n) is 6.38. The van der Waals surface area contributed by atoms with E-state index in [-0.39, 0.29) is 5.91 Å². The summed E-state index contributed by atoms with van der Waals surface area (Å²) in [7, 11) is 0. The van der Waals surface area contributed by atoms with E-state index in [9.17, 15) is 4.79 Å². The van der Waals surface area contributed by atoms with Crippen molar-refractivity contribution in [3.8, 4) is 12.3 Å². The van der Waals surface area contributed by atoms with Crippen LogP contribution in [0.4, 0.5) is 0 Å². The molecule has 0 saturated carbocycles. The van der Waals surface area contributed by atoms with Gasteiger partial charge in [0.2, 0.25) is 5.91 Å². The summed E-state index contributed by atoms with van der Waals surface area (Å²) in [6.07, 6.45) is 5.02. The van der Waals surface area contributed by atoms with E-state index in [0.717, 1.165) is 0 Å². The zero-order chi connectivity index (χ0) is 14.9. The molecule has 7 heteroatoms. The minimum absolute atomic E-state index is 0.0479. The van der Waals surface area contributed by atoms with Gasteiger partial charge in [-0.25, -0.2) is 0 Å². The number of hydrogen-bond donors (Lipinski definition) is 1. The van der Waals surface area contributed by atoms with Crippen molar-refractivity contribution in [1.29, 1.82) is 0 Å². The number of rotatable bonds is 14. The lowest BCUT2D eigenvalue weighted by Gasteiger charge is -2.07. The molecule has 0 spiro atoms. The molecule has 0 fully saturated rings. The fourth-order valence-electron chi connectivity index (χ4n) is 1.10. The molecule has 0 saturated heterocycles. The first kappa shape index (κ1) is 19.4. The van der Waals surface area contributed by atoms with Crippen molar-refractivity contribution in [3.63, 3.8) is 0 Å². The average Bonchev–Trinajstić information content (AvgIpc) is 2.47. The highest BCUT2D eigenvalue weighted by atomic mass is 79.9. The molecule has 0 aromatic rings. The molecule has 0 aromatic heterocycles. The first-order valence-corrected chi connectivity index (χ1v) is 7.50. The van der Waals surface area contributed by atoms with E-state index in [2.05, 4.69) is 27.2 Å². The minimum Gasteiger partial charge on any atom is -0.377 e. The van der Waals surface area contributed by atoms with Crippen LogP contribution in [0.1, 0.15) is 0 Å². The largest absolute Gasteiger partial charge is 0.377 e. The van der Waals surface area contributed by atoms with Crippen LogP contribution >= 0.6 is 15.9 Å². The van der Waals surface area contributed by atoms with Crippen molar-refractivity contribution < 1.29 is 23.7 Å². The maximum absolute atomic E-state index is 10.9. The molecule has 0 aliphatic rings. The molecule has 1 N–H and O–H groups in total. The Balaban J connectivity index is 2.99. The van der Waals surface area contributed by atoms with Gasteiger partial charge in [-0.2, -0.15) is 0 Å². The first-order chi connectivity index (χ1) is 9.81. The van der Waals surface area contributed by atoms with Crippen LogP contribution in [0.15, 0.2) is 0 Å². The number of hydrogen-bond acceptors (Lipinski definition) is 5. The third kappa shape index (κ3) is 15.4. The summed E-state index contributed by atoms with van der Waals surface area (Å²) in [4.78, 5) is 10.9. The smallest absolute Gasteiger partial charge is 0.230 e. The predicted octanol–water partition coefficient (Wildman–Crippen LogP) is 0.197. The van der Waals surface area contributed by atoms with Gasteiger partial charge in [0.05, 0.1) is 51.6 Å². The molecule has 1 amide bonds. The van der Waals surface area contributed by atoms with E-state index < -0.39 is 0 Å². The number of alkyl halides is 1. The van der Waals surface area contributed by atoms with Crippen LogP contribution in [0.3, 0.4) is 0 Å². The fraction of sp³-hybridized carbons (Fsp3) is 0.769. The molecule has 0 rings (SSSR count). The second kappa shape index (κ2) is 16.4. The van der Waals surface area contributed by atoms with Crippen LogP contribution < -0.4 is 5.32 Å². The van der Waals surface area contributed by atoms with E-state index in [1.807, 2.05) is 0 Å². The molecule has 6 nitrogen and oxygen atoms in total. The summed E-state index contributed by atoms with van der Waals surface area (Å²) >= 11 is 3.05. The summed E-state index contributed by atoms with van der Waals surface area (Å²) in [5.74, 6) is 2.33. The lowest BCUT2D eigenvalue weighted by molar-refractivity contribution is -0.118. The summed E-state index contributed by atoms with van der Waals surface area (Å²) < 4.78 is 20.8. The molecule has 0 radical (unpaired) electrons. The Hall–Kier alpha value is -0.650. The molecule has 20 heavy (non-hydrogen) atoms. The number of halogens is 1. The van der Waals surface area contributed by atoms with Gasteiger partial charge in [-0.1, -0.05) is 21.9 Å². The van der Waals surface area contributed by atoms with Crippen molar-refractivity contribution in [3.05, 3.63) is 0 Å². The van der Waals surface area contributed by atoms with Gasteiger partial charge in [-0.15, -0.1) is 6.42 Å². The van der Waals surface area contributed by atoms with Gasteiger partial charge in [0.15, 0.2) is 0 Å². The molecule has 0 aliphatic heterocycles. The molecule has 0 unspecified atom stereocenters. The Morgan fingerprint density at radius 3 is 1.95 bits per heavy atom. The van der Waals surface area contributed by atoms with E-state index in [1.54, 1.807) is 0 Å². The quantitative estimate of drug-likeness (QED) is 0.275. The third-order valence-electron chi connectivity index (χ3n) is 1.99. The maximum atomic E-state index is 10.9. The number of nitrogens with one attached hydrogen (secondary N) is 1. The summed E-state index contributed by atoms with van der Waals surface area (Å²) in [6.45, 7) is 4.32. The second-order valence-electron chi connectivity index (χ2n) is 3.58. The predicted molar refractivity (Wildman–Crippen MR) is 78.9 cm³/mol. The molecular weight excluding hydrogens is 330 g/mol. The molecule has 0 aromatic carbocycles. The van der Waals surface area contributed by atoms with Crippen molar-refractivity contribution >= 4 is 21.8 Å².